The van der Waals surface area contributed by atoms with Gasteiger partial charge in [-0.1, -0.05) is 31.5 Å². The van der Waals surface area contributed by atoms with E-state index in [1.165, 1.54) is 0 Å². The van der Waals surface area contributed by atoms with Crippen LogP contribution in [0.3, 0.4) is 0 Å². The van der Waals surface area contributed by atoms with Crippen molar-refractivity contribution in [3.8, 4) is 0 Å². The maximum absolute atomic E-state index is 11.3. The molecule has 0 aliphatic heterocycles. The van der Waals surface area contributed by atoms with Crippen LogP contribution in [0.15, 0.2) is 24.3 Å². The second kappa shape index (κ2) is 6.99. The van der Waals surface area contributed by atoms with Gasteiger partial charge in [-0.3, -0.25) is 0 Å². The van der Waals surface area contributed by atoms with Crippen LogP contribution in [0.2, 0.25) is 0 Å². The van der Waals surface area contributed by atoms with Gasteiger partial charge < -0.3 is 15.1 Å². The molecule has 2 aromatic heterocycles. The van der Waals surface area contributed by atoms with E-state index in [0.717, 1.165) is 60.0 Å². The molecule has 0 fully saturated rings. The molecule has 24 heavy (non-hydrogen) atoms. The van der Waals surface area contributed by atoms with Gasteiger partial charge in [-0.15, -0.1) is 0 Å². The van der Waals surface area contributed by atoms with Crippen molar-refractivity contribution in [3.63, 3.8) is 0 Å². The van der Waals surface area contributed by atoms with Crippen molar-refractivity contribution in [1.29, 1.82) is 0 Å². The molecule has 0 saturated carbocycles. The molecule has 0 unspecified atom stereocenters. The Morgan fingerprint density at radius 2 is 2.00 bits per heavy atom. The molecular weight excluding hydrogens is 300 g/mol. The van der Waals surface area contributed by atoms with Crippen LogP contribution < -0.4 is 5.73 Å². The molecule has 0 aliphatic rings. The predicted molar refractivity (Wildman–Crippen MR) is 98.0 cm³/mol. The molecule has 5 heteroatoms. The van der Waals surface area contributed by atoms with E-state index in [0.29, 0.717) is 12.2 Å². The van der Waals surface area contributed by atoms with Gasteiger partial charge in [0.1, 0.15) is 17.1 Å². The van der Waals surface area contributed by atoms with Gasteiger partial charge in [-0.2, -0.15) is 0 Å². The molecule has 0 saturated heterocycles. The lowest BCUT2D eigenvalue weighted by Gasteiger charge is -2.10. The first-order valence-electron chi connectivity index (χ1n) is 8.64. The lowest BCUT2D eigenvalue weighted by Crippen LogP contribution is -2.06. The summed E-state index contributed by atoms with van der Waals surface area (Å²) in [6, 6.07) is 8.02. The number of hydrogen-bond acceptors (Lipinski definition) is 4. The van der Waals surface area contributed by atoms with Crippen LogP contribution in [0.25, 0.3) is 21.9 Å². The molecule has 0 bridgehead atoms. The van der Waals surface area contributed by atoms with Gasteiger partial charge in [0.05, 0.1) is 11.0 Å². The summed E-state index contributed by atoms with van der Waals surface area (Å²) >= 11 is 0. The average molecular weight is 324 g/mol. The molecule has 0 amide bonds. The van der Waals surface area contributed by atoms with Crippen LogP contribution in [0.4, 0.5) is 5.82 Å². The Hall–Kier alpha value is -2.43. The summed E-state index contributed by atoms with van der Waals surface area (Å²) in [5.41, 5.74) is 8.88. The molecule has 0 radical (unpaired) electrons. The Labute approximate surface area is 141 Å². The number of para-hydroxylation sites is 1. The smallest absolute Gasteiger partial charge is 0.152 e. The summed E-state index contributed by atoms with van der Waals surface area (Å²) in [5, 5.41) is 1.07. The molecule has 126 valence electrons. The maximum atomic E-state index is 11.3. The minimum atomic E-state index is 0.223. The molecule has 3 aromatic rings. The van der Waals surface area contributed by atoms with Crippen LogP contribution in [-0.2, 0) is 17.8 Å². The van der Waals surface area contributed by atoms with Gasteiger partial charge in [0.2, 0.25) is 0 Å². The minimum Gasteiger partial charge on any atom is -0.382 e. The highest BCUT2D eigenvalue weighted by atomic mass is 16.1. The Morgan fingerprint density at radius 3 is 2.75 bits per heavy atom. The van der Waals surface area contributed by atoms with Gasteiger partial charge in [0, 0.05) is 24.8 Å². The Bertz CT molecular complexity index is 882. The first-order valence-corrected chi connectivity index (χ1v) is 8.64. The maximum Gasteiger partial charge on any atom is 0.152 e. The van der Waals surface area contributed by atoms with Crippen molar-refractivity contribution >= 4 is 33.5 Å². The standard InChI is InChI=1S/C19H24N4O/c1-3-4-11-16-22-17-18(23(16)12-7-8-13(2)24)14-9-5-6-10-15(14)21-19(17)20/h5-6,9-10H,3-4,7-8,11-12H2,1-2H3,(H2,20,21). The average Bonchev–Trinajstić information content (AvgIpc) is 2.92. The molecule has 1 aromatic carbocycles. The Morgan fingerprint density at radius 1 is 1.21 bits per heavy atom. The lowest BCUT2D eigenvalue weighted by atomic mass is 10.1. The third-order valence-corrected chi connectivity index (χ3v) is 4.35. The van der Waals surface area contributed by atoms with Gasteiger partial charge >= 0.3 is 0 Å². The molecular formula is C19H24N4O. The van der Waals surface area contributed by atoms with Crippen molar-refractivity contribution in [3.05, 3.63) is 30.1 Å². The van der Waals surface area contributed by atoms with Gasteiger partial charge in [0.15, 0.2) is 5.82 Å². The summed E-state index contributed by atoms with van der Waals surface area (Å²) in [6.07, 6.45) is 4.52. The molecule has 0 aliphatic carbocycles. The van der Waals surface area contributed by atoms with E-state index in [-0.39, 0.29) is 5.78 Å². The number of carbonyl (C=O) groups is 1. The predicted octanol–water partition coefficient (Wildman–Crippen LogP) is 3.88. The first-order chi connectivity index (χ1) is 11.6. The van der Waals surface area contributed by atoms with Crippen molar-refractivity contribution in [2.24, 2.45) is 0 Å². The third-order valence-electron chi connectivity index (χ3n) is 4.35. The number of unbranched alkanes of at least 4 members (excludes halogenated alkanes) is 1. The highest BCUT2D eigenvalue weighted by molar-refractivity contribution is 6.06. The van der Waals surface area contributed by atoms with E-state index in [2.05, 4.69) is 22.5 Å². The number of Topliss-reactive ketones (excluding diaryl/α,β-unsaturated/α-hetero) is 1. The number of nitrogen functional groups attached to an aromatic ring is 1. The van der Waals surface area contributed by atoms with E-state index in [9.17, 15) is 4.79 Å². The Balaban J connectivity index is 2.16. The number of imidazole rings is 1. The zero-order valence-electron chi connectivity index (χ0n) is 14.4. The monoisotopic (exact) mass is 324 g/mol. The molecule has 2 N–H and O–H groups in total. The van der Waals surface area contributed by atoms with E-state index >= 15 is 0 Å². The fourth-order valence-electron chi connectivity index (χ4n) is 3.16. The number of hydrogen-bond donors (Lipinski definition) is 1. The molecule has 3 rings (SSSR count). The molecule has 0 spiro atoms. The Kier molecular flexibility index (Phi) is 4.79. The number of rotatable bonds is 7. The van der Waals surface area contributed by atoms with E-state index in [1.54, 1.807) is 6.92 Å². The fourth-order valence-corrected chi connectivity index (χ4v) is 3.16. The summed E-state index contributed by atoms with van der Waals surface area (Å²) in [5.74, 6) is 1.74. The normalized spacial score (nSPS) is 11.4. The summed E-state index contributed by atoms with van der Waals surface area (Å²) in [7, 11) is 0. The van der Waals surface area contributed by atoms with Crippen LogP contribution in [0, 0.1) is 0 Å². The van der Waals surface area contributed by atoms with Crippen molar-refractivity contribution in [2.75, 3.05) is 5.73 Å². The fraction of sp³-hybridized carbons (Fsp3) is 0.421. The van der Waals surface area contributed by atoms with Gasteiger partial charge in [-0.25, -0.2) is 9.97 Å². The van der Waals surface area contributed by atoms with Gasteiger partial charge in [-0.05, 0) is 25.8 Å². The van der Waals surface area contributed by atoms with E-state index < -0.39 is 0 Å². The summed E-state index contributed by atoms with van der Waals surface area (Å²) in [4.78, 5) is 20.6. The number of ketones is 1. The topological polar surface area (TPSA) is 73.8 Å². The summed E-state index contributed by atoms with van der Waals surface area (Å²) < 4.78 is 2.24. The number of pyridine rings is 1. The quantitative estimate of drug-likeness (QED) is 0.716. The highest BCUT2D eigenvalue weighted by Crippen LogP contribution is 2.29. The molecule has 2 heterocycles. The number of nitrogens with zero attached hydrogens (tertiary/aromatic N) is 3. The van der Waals surface area contributed by atoms with Crippen LogP contribution in [-0.4, -0.2) is 20.3 Å². The molecule has 5 nitrogen and oxygen atoms in total. The SMILES string of the molecule is CCCCc1nc2c(N)nc3ccccc3c2n1CCCC(C)=O. The zero-order chi connectivity index (χ0) is 17.1. The number of carbonyl (C=O) groups excluding carboxylic acids is 1. The van der Waals surface area contributed by atoms with Crippen molar-refractivity contribution in [2.45, 2.75) is 52.5 Å². The number of fused-ring (bicyclic) bond motifs is 3. The molecule has 0 atom stereocenters. The number of anilines is 1. The second-order valence-corrected chi connectivity index (χ2v) is 6.30. The second-order valence-electron chi connectivity index (χ2n) is 6.30. The number of aromatic nitrogens is 3. The van der Waals surface area contributed by atoms with Crippen LogP contribution in [0.5, 0.6) is 0 Å². The first kappa shape index (κ1) is 16.4. The zero-order valence-corrected chi connectivity index (χ0v) is 14.4. The van der Waals surface area contributed by atoms with E-state index in [1.807, 2.05) is 18.2 Å². The lowest BCUT2D eigenvalue weighted by molar-refractivity contribution is -0.117. The van der Waals surface area contributed by atoms with Crippen LogP contribution >= 0.6 is 0 Å². The summed E-state index contributed by atoms with van der Waals surface area (Å²) in [6.45, 7) is 4.60. The largest absolute Gasteiger partial charge is 0.382 e. The number of aryl methyl sites for hydroxylation is 2. The van der Waals surface area contributed by atoms with Crippen molar-refractivity contribution < 1.29 is 4.79 Å². The third kappa shape index (κ3) is 3.11. The van der Waals surface area contributed by atoms with Crippen molar-refractivity contribution in [1.82, 2.24) is 14.5 Å². The van der Waals surface area contributed by atoms with Gasteiger partial charge in [0.25, 0.3) is 0 Å². The van der Waals surface area contributed by atoms with Crippen LogP contribution in [0.1, 0.15) is 45.4 Å². The highest BCUT2D eigenvalue weighted by Gasteiger charge is 2.16. The van der Waals surface area contributed by atoms with E-state index in [4.69, 9.17) is 10.7 Å². The minimum absolute atomic E-state index is 0.223. The number of benzene rings is 1. The number of nitrogens with two attached hydrogens (primary N) is 1.